The zero-order chi connectivity index (χ0) is 25.4. The first-order valence-electron chi connectivity index (χ1n) is 12.8. The second-order valence-electron chi connectivity index (χ2n) is 9.17. The summed E-state index contributed by atoms with van der Waals surface area (Å²) in [7, 11) is 0. The van der Waals surface area contributed by atoms with Crippen molar-refractivity contribution in [2.75, 3.05) is 41.9 Å². The molecule has 2 aliphatic heterocycles. The van der Waals surface area contributed by atoms with Crippen molar-refractivity contribution in [2.45, 2.75) is 33.6 Å². The number of aromatic carboxylic acids is 1. The van der Waals surface area contributed by atoms with Gasteiger partial charge in [-0.05, 0) is 51.5 Å². The van der Waals surface area contributed by atoms with E-state index < -0.39 is 5.97 Å². The molecule has 0 saturated heterocycles. The summed E-state index contributed by atoms with van der Waals surface area (Å²) in [5, 5.41) is 10.2. The molecule has 2 aromatic rings. The molecule has 188 valence electrons. The fourth-order valence-corrected chi connectivity index (χ4v) is 5.51. The molecule has 5 rings (SSSR count). The summed E-state index contributed by atoms with van der Waals surface area (Å²) in [5.74, 6) is 0.348. The summed E-state index contributed by atoms with van der Waals surface area (Å²) in [6.07, 6.45) is 6.42. The summed E-state index contributed by atoms with van der Waals surface area (Å²) < 4.78 is 8.87. The maximum Gasteiger partial charge on any atom is 0.336 e. The monoisotopic (exact) mass is 488 g/mol. The number of carboxylic acid groups (broad SMARTS) is 1. The molecule has 0 unspecified atom stereocenters. The summed E-state index contributed by atoms with van der Waals surface area (Å²) >= 11 is 0. The Hall–Kier alpha value is -3.78. The molecule has 0 bridgehead atoms. The maximum atomic E-state index is 12.4. The maximum absolute atomic E-state index is 12.4. The number of carboxylic acids is 1. The SMILES string of the molecule is CCN(CC)c1ccc2c(c1)OC1=CC(=[N+](CC)CC)C=C[C@H]1[C@@H]2c1cc2c(cc1C(=O)O)NNN2. The lowest BCUT2D eigenvalue weighted by Crippen LogP contribution is -2.30. The highest BCUT2D eigenvalue weighted by Crippen LogP contribution is 2.50. The third-order valence-electron chi connectivity index (χ3n) is 7.42. The average molecular weight is 489 g/mol. The number of nitrogens with one attached hydrogen (secondary N) is 3. The summed E-state index contributed by atoms with van der Waals surface area (Å²) in [6, 6.07) is 9.95. The highest BCUT2D eigenvalue weighted by molar-refractivity contribution is 6.02. The Labute approximate surface area is 211 Å². The van der Waals surface area contributed by atoms with E-state index >= 15 is 0 Å². The number of anilines is 3. The van der Waals surface area contributed by atoms with Crippen LogP contribution >= 0.6 is 0 Å². The summed E-state index contributed by atoms with van der Waals surface area (Å²) in [5.41, 5.74) is 14.7. The first-order chi connectivity index (χ1) is 17.5. The molecule has 2 heterocycles. The Morgan fingerprint density at radius 3 is 2.42 bits per heavy atom. The lowest BCUT2D eigenvalue weighted by atomic mass is 9.74. The van der Waals surface area contributed by atoms with Crippen molar-refractivity contribution in [1.29, 1.82) is 0 Å². The van der Waals surface area contributed by atoms with Gasteiger partial charge in [-0.1, -0.05) is 12.1 Å². The smallest absolute Gasteiger partial charge is 0.336 e. The fraction of sp³-hybridized carbons (Fsp3) is 0.357. The Morgan fingerprint density at radius 2 is 1.75 bits per heavy atom. The quantitative estimate of drug-likeness (QED) is 0.425. The molecule has 0 amide bonds. The van der Waals surface area contributed by atoms with E-state index in [9.17, 15) is 9.90 Å². The number of allylic oxidation sites excluding steroid dienone is 3. The molecular weight excluding hydrogens is 454 g/mol. The minimum atomic E-state index is -0.949. The van der Waals surface area contributed by atoms with Crippen molar-refractivity contribution in [3.63, 3.8) is 0 Å². The average Bonchev–Trinajstić information content (AvgIpc) is 3.35. The van der Waals surface area contributed by atoms with Crippen LogP contribution in [0.1, 0.15) is 55.1 Å². The van der Waals surface area contributed by atoms with Gasteiger partial charge in [0.15, 0.2) is 0 Å². The molecule has 8 nitrogen and oxygen atoms in total. The topological polar surface area (TPSA) is 88.9 Å². The van der Waals surface area contributed by atoms with Gasteiger partial charge in [0.05, 0.1) is 16.9 Å². The number of nitrogens with zero attached hydrogens (tertiary/aromatic N) is 2. The van der Waals surface area contributed by atoms with Gasteiger partial charge < -0.3 is 25.6 Å². The molecule has 3 aliphatic rings. The van der Waals surface area contributed by atoms with E-state index in [2.05, 4.69) is 90.0 Å². The normalized spacial score (nSPS) is 19.2. The summed E-state index contributed by atoms with van der Waals surface area (Å²) in [4.78, 5) is 14.7. The van der Waals surface area contributed by atoms with Gasteiger partial charge in [-0.25, -0.2) is 9.37 Å². The van der Waals surface area contributed by atoms with Gasteiger partial charge in [0.25, 0.3) is 0 Å². The first-order valence-corrected chi connectivity index (χ1v) is 12.8. The number of hydrazine groups is 2. The van der Waals surface area contributed by atoms with E-state index in [4.69, 9.17) is 4.74 Å². The lowest BCUT2D eigenvalue weighted by molar-refractivity contribution is -0.519. The van der Waals surface area contributed by atoms with Crippen molar-refractivity contribution in [2.24, 2.45) is 5.92 Å². The number of carbonyl (C=O) groups is 1. The predicted octanol–water partition coefficient (Wildman–Crippen LogP) is 4.58. The minimum absolute atomic E-state index is 0.116. The largest absolute Gasteiger partial charge is 0.478 e. The standard InChI is InChI=1S/C28H33N5O3/c1-5-32(6-2)17-9-11-19-25(13-17)36-26-14-18(33(7-3)8-4)10-12-20(26)27(19)21-15-23-24(30-31-29-23)16-22(21)28(34)35/h9-16,19,27,29-31H,5-8H2,1-4H3/p+1/t19-,27+/m1/s1. The molecular formula is C28H34N5O3+. The Bertz CT molecular complexity index is 1290. The molecule has 0 fully saturated rings. The molecule has 8 heteroatoms. The van der Waals surface area contributed by atoms with E-state index in [0.29, 0.717) is 5.69 Å². The number of hydrogen-bond acceptors (Lipinski definition) is 6. The van der Waals surface area contributed by atoms with Crippen LogP contribution < -0.4 is 26.0 Å². The third-order valence-corrected chi connectivity index (χ3v) is 7.42. The number of rotatable bonds is 7. The molecule has 2 aromatic carbocycles. The van der Waals surface area contributed by atoms with Crippen molar-refractivity contribution in [1.82, 2.24) is 5.53 Å². The molecule has 2 atom stereocenters. The molecule has 0 aromatic heterocycles. The zero-order valence-corrected chi connectivity index (χ0v) is 21.3. The Balaban J connectivity index is 1.72. The molecule has 0 spiro atoms. The van der Waals surface area contributed by atoms with E-state index in [1.807, 2.05) is 6.07 Å². The van der Waals surface area contributed by atoms with Crippen LogP contribution in [-0.4, -0.2) is 47.5 Å². The van der Waals surface area contributed by atoms with Crippen LogP contribution in [0.15, 0.2) is 54.3 Å². The molecule has 4 N–H and O–H groups in total. The first kappa shape index (κ1) is 23.9. The second-order valence-corrected chi connectivity index (χ2v) is 9.17. The van der Waals surface area contributed by atoms with Crippen molar-refractivity contribution < 1.29 is 19.2 Å². The van der Waals surface area contributed by atoms with E-state index in [-0.39, 0.29) is 17.4 Å². The molecule has 0 saturated carbocycles. The van der Waals surface area contributed by atoms with Gasteiger partial charge in [-0.3, -0.25) is 0 Å². The van der Waals surface area contributed by atoms with Crippen molar-refractivity contribution in [3.05, 3.63) is 71.0 Å². The Kier molecular flexibility index (Phi) is 6.45. The number of benzene rings is 2. The number of hydrogen-bond donors (Lipinski definition) is 4. The van der Waals surface area contributed by atoms with Crippen molar-refractivity contribution in [3.8, 4) is 5.75 Å². The van der Waals surface area contributed by atoms with Gasteiger partial charge >= 0.3 is 5.97 Å². The van der Waals surface area contributed by atoms with E-state index in [0.717, 1.165) is 65.9 Å². The highest BCUT2D eigenvalue weighted by atomic mass is 16.5. The highest BCUT2D eigenvalue weighted by Gasteiger charge is 2.39. The van der Waals surface area contributed by atoms with Crippen LogP contribution in [-0.2, 0) is 0 Å². The van der Waals surface area contributed by atoms with Gasteiger partial charge in [0, 0.05) is 54.4 Å². The van der Waals surface area contributed by atoms with E-state index in [1.54, 1.807) is 6.07 Å². The van der Waals surface area contributed by atoms with Crippen LogP contribution in [0.25, 0.3) is 0 Å². The van der Waals surface area contributed by atoms with Crippen LogP contribution in [0.3, 0.4) is 0 Å². The molecule has 36 heavy (non-hydrogen) atoms. The molecule has 1 aliphatic carbocycles. The van der Waals surface area contributed by atoms with Crippen molar-refractivity contribution >= 4 is 28.7 Å². The fourth-order valence-electron chi connectivity index (χ4n) is 5.51. The van der Waals surface area contributed by atoms with Gasteiger partial charge in [-0.15, -0.1) is 5.53 Å². The van der Waals surface area contributed by atoms with Crippen LogP contribution in [0, 0.1) is 5.92 Å². The zero-order valence-electron chi connectivity index (χ0n) is 21.3. The minimum Gasteiger partial charge on any atom is -0.478 e. The van der Waals surface area contributed by atoms with Crippen LogP contribution in [0.4, 0.5) is 17.1 Å². The number of ether oxygens (including phenoxy) is 1. The van der Waals surface area contributed by atoms with Gasteiger partial charge in [0.2, 0.25) is 5.71 Å². The van der Waals surface area contributed by atoms with Gasteiger partial charge in [0.1, 0.15) is 24.6 Å². The third kappa shape index (κ3) is 4.01. The van der Waals surface area contributed by atoms with Crippen LogP contribution in [0.2, 0.25) is 0 Å². The predicted molar refractivity (Wildman–Crippen MR) is 143 cm³/mol. The summed E-state index contributed by atoms with van der Waals surface area (Å²) in [6.45, 7) is 12.2. The van der Waals surface area contributed by atoms with Gasteiger partial charge in [-0.2, -0.15) is 0 Å². The number of fused-ring (bicyclic) bond motifs is 3. The second kappa shape index (κ2) is 9.70. The lowest BCUT2D eigenvalue weighted by Gasteiger charge is -2.36. The van der Waals surface area contributed by atoms with E-state index in [1.165, 1.54) is 0 Å². The van der Waals surface area contributed by atoms with Crippen LogP contribution in [0.5, 0.6) is 5.75 Å². The molecule has 0 radical (unpaired) electrons. The Morgan fingerprint density at radius 1 is 1.03 bits per heavy atom.